The first-order valence-electron chi connectivity index (χ1n) is 5.91. The number of benzene rings is 1. The zero-order chi connectivity index (χ0) is 11.0. The Balaban J connectivity index is 1.86. The zero-order valence-corrected chi connectivity index (χ0v) is 11.7. The van der Waals surface area contributed by atoms with Crippen molar-refractivity contribution in [3.8, 4) is 0 Å². The van der Waals surface area contributed by atoms with Crippen LogP contribution in [0.2, 0.25) is 0 Å². The molecule has 2 aliphatic heterocycles. The van der Waals surface area contributed by atoms with Crippen LogP contribution in [-0.4, -0.2) is 14.6 Å². The molecule has 1 spiro atoms. The molecule has 1 aromatic carbocycles. The second-order valence-electron chi connectivity index (χ2n) is 4.26. The van der Waals surface area contributed by atoms with Gasteiger partial charge in [-0.15, -0.1) is 0 Å². The van der Waals surface area contributed by atoms with Gasteiger partial charge in [-0.2, -0.15) is 0 Å². The van der Waals surface area contributed by atoms with Crippen molar-refractivity contribution in [2.75, 3.05) is 11.0 Å². The van der Waals surface area contributed by atoms with Gasteiger partial charge in [-0.3, -0.25) is 0 Å². The first-order valence-corrected chi connectivity index (χ1v) is 9.59. The van der Waals surface area contributed by atoms with Gasteiger partial charge in [0.1, 0.15) is 0 Å². The average Bonchev–Trinajstić information content (AvgIpc) is 2.91. The average molecular weight is 328 g/mol. The molecular formula is C14H17IO. The van der Waals surface area contributed by atoms with E-state index in [-0.39, 0.29) is 3.61 Å². The van der Waals surface area contributed by atoms with Crippen molar-refractivity contribution in [2.45, 2.75) is 23.4 Å². The third-order valence-corrected chi connectivity index (χ3v) is 9.85. The van der Waals surface area contributed by atoms with Crippen molar-refractivity contribution < 1.29 is 4.74 Å². The first-order chi connectivity index (χ1) is 7.87. The fourth-order valence-electron chi connectivity index (χ4n) is 2.41. The first kappa shape index (κ1) is 10.8. The molecule has 1 unspecified atom stereocenters. The van der Waals surface area contributed by atoms with E-state index in [9.17, 15) is 0 Å². The molecule has 0 N–H and O–H groups in total. The van der Waals surface area contributed by atoms with Gasteiger partial charge in [-0.05, 0) is 0 Å². The number of hydrogen-bond donors (Lipinski definition) is 0. The number of halogens is 1. The summed E-state index contributed by atoms with van der Waals surface area (Å²) in [6.45, 7) is 3.18. The molecule has 0 radical (unpaired) electrons. The Morgan fingerprint density at radius 3 is 2.94 bits per heavy atom. The molecule has 2 fully saturated rings. The van der Waals surface area contributed by atoms with Crippen molar-refractivity contribution in [2.24, 2.45) is 0 Å². The Hall–Kier alpha value is -0.350. The molecule has 16 heavy (non-hydrogen) atoms. The summed E-state index contributed by atoms with van der Waals surface area (Å²) >= 11 is -1.03. The van der Waals surface area contributed by atoms with Crippen LogP contribution < -0.4 is 0 Å². The normalized spacial score (nSPS) is 32.6. The van der Waals surface area contributed by atoms with Crippen LogP contribution in [0.15, 0.2) is 42.0 Å². The molecule has 2 heteroatoms. The van der Waals surface area contributed by atoms with Crippen LogP contribution in [0.5, 0.6) is 0 Å². The molecule has 1 aromatic rings. The summed E-state index contributed by atoms with van der Waals surface area (Å²) in [7, 11) is 0. The Bertz CT molecular complexity index is 412. The molecule has 2 saturated heterocycles. The molecule has 2 heterocycles. The van der Waals surface area contributed by atoms with E-state index in [0.717, 1.165) is 13.0 Å². The second kappa shape index (κ2) is 4.15. The Morgan fingerprint density at radius 2 is 2.19 bits per heavy atom. The van der Waals surface area contributed by atoms with Gasteiger partial charge in [-0.1, -0.05) is 0 Å². The van der Waals surface area contributed by atoms with Gasteiger partial charge in [-0.25, -0.2) is 0 Å². The van der Waals surface area contributed by atoms with Crippen LogP contribution >= 0.6 is 19.8 Å². The fraction of sp³-hybridized carbons (Fsp3) is 0.429. The molecule has 86 valence electrons. The number of ether oxygens (including phenoxy) is 1. The Labute approximate surface area is 104 Å². The number of alkyl halides is 2. The monoisotopic (exact) mass is 328 g/mol. The minimum atomic E-state index is -1.03. The van der Waals surface area contributed by atoms with Crippen LogP contribution in [0, 0.1) is 3.57 Å². The molecular weight excluding hydrogens is 311 g/mol. The predicted octanol–water partition coefficient (Wildman–Crippen LogP) is 3.83. The summed E-state index contributed by atoms with van der Waals surface area (Å²) in [6.07, 6.45) is 4.74. The molecule has 1 atom stereocenters. The fourth-order valence-corrected chi connectivity index (χ4v) is 9.57. The summed E-state index contributed by atoms with van der Waals surface area (Å²) in [4.78, 5) is 0. The number of rotatable bonds is 2. The Kier molecular flexibility index (Phi) is 2.80. The molecule has 2 aliphatic rings. The van der Waals surface area contributed by atoms with Crippen molar-refractivity contribution >= 4 is 19.8 Å². The standard InChI is InChI=1S/C14H17IO/c1-2-6-12-9-10-16-14(12)11-15(14)13-7-4-3-5-8-13/h3-8H,2,9-11H2,1H3/b12-6+. The maximum atomic E-state index is 6.08. The van der Waals surface area contributed by atoms with E-state index in [2.05, 4.69) is 43.3 Å². The van der Waals surface area contributed by atoms with Gasteiger partial charge in [0.2, 0.25) is 0 Å². The van der Waals surface area contributed by atoms with E-state index in [1.165, 1.54) is 10.8 Å². The molecule has 0 amide bonds. The molecule has 1 nitrogen and oxygen atoms in total. The number of allylic oxidation sites excluding steroid dienone is 1. The van der Waals surface area contributed by atoms with Crippen LogP contribution in [0.1, 0.15) is 19.8 Å². The van der Waals surface area contributed by atoms with Crippen molar-refractivity contribution in [3.05, 3.63) is 45.6 Å². The van der Waals surface area contributed by atoms with Crippen LogP contribution in [0.3, 0.4) is 0 Å². The van der Waals surface area contributed by atoms with Gasteiger partial charge in [0.25, 0.3) is 0 Å². The molecule has 0 aliphatic carbocycles. The Morgan fingerprint density at radius 1 is 1.38 bits per heavy atom. The third-order valence-electron chi connectivity index (χ3n) is 3.22. The maximum absolute atomic E-state index is 6.08. The predicted molar refractivity (Wildman–Crippen MR) is 75.7 cm³/mol. The SMILES string of the molecule is CC/C=C1\CCOC12CI2c1ccccc1. The van der Waals surface area contributed by atoms with E-state index in [1.54, 1.807) is 9.14 Å². The van der Waals surface area contributed by atoms with Crippen molar-refractivity contribution in [1.29, 1.82) is 0 Å². The summed E-state index contributed by atoms with van der Waals surface area (Å²) in [5.74, 6) is 0. The van der Waals surface area contributed by atoms with Gasteiger partial charge in [0, 0.05) is 0 Å². The second-order valence-corrected chi connectivity index (χ2v) is 10.1. The summed E-state index contributed by atoms with van der Waals surface area (Å²) in [5.41, 5.74) is 1.61. The zero-order valence-electron chi connectivity index (χ0n) is 9.58. The van der Waals surface area contributed by atoms with Gasteiger partial charge in [0.05, 0.1) is 0 Å². The van der Waals surface area contributed by atoms with E-state index in [0.29, 0.717) is 0 Å². The van der Waals surface area contributed by atoms with E-state index < -0.39 is 19.8 Å². The van der Waals surface area contributed by atoms with Crippen LogP contribution in [0.4, 0.5) is 0 Å². The van der Waals surface area contributed by atoms with Gasteiger partial charge in [0.15, 0.2) is 0 Å². The third kappa shape index (κ3) is 1.63. The minimum absolute atomic E-state index is 0.251. The topological polar surface area (TPSA) is 9.23 Å². The summed E-state index contributed by atoms with van der Waals surface area (Å²) in [6, 6.07) is 11.0. The number of hydrogen-bond acceptors (Lipinski definition) is 1. The summed E-state index contributed by atoms with van der Waals surface area (Å²) in [5, 5.41) is 0. The quantitative estimate of drug-likeness (QED) is 0.455. The van der Waals surface area contributed by atoms with Crippen LogP contribution in [0.25, 0.3) is 0 Å². The van der Waals surface area contributed by atoms with E-state index in [4.69, 9.17) is 4.74 Å². The van der Waals surface area contributed by atoms with Gasteiger partial charge >= 0.3 is 105 Å². The summed E-state index contributed by atoms with van der Waals surface area (Å²) < 4.78 is 9.27. The van der Waals surface area contributed by atoms with E-state index in [1.807, 2.05) is 0 Å². The van der Waals surface area contributed by atoms with Crippen molar-refractivity contribution in [3.63, 3.8) is 0 Å². The van der Waals surface area contributed by atoms with E-state index >= 15 is 0 Å². The van der Waals surface area contributed by atoms with Crippen LogP contribution in [-0.2, 0) is 4.74 Å². The van der Waals surface area contributed by atoms with Gasteiger partial charge < -0.3 is 0 Å². The molecule has 0 saturated carbocycles. The molecule has 0 bridgehead atoms. The molecule has 0 aromatic heterocycles. The van der Waals surface area contributed by atoms with Crippen molar-refractivity contribution in [1.82, 2.24) is 0 Å². The molecule has 3 rings (SSSR count).